The first-order valence-electron chi connectivity index (χ1n) is 5.46. The summed E-state index contributed by atoms with van der Waals surface area (Å²) in [7, 11) is 0. The molecule has 0 saturated heterocycles. The molecule has 1 heterocycles. The molecule has 1 N–H and O–H groups in total. The van der Waals surface area contributed by atoms with E-state index in [1.54, 1.807) is 18.2 Å². The van der Waals surface area contributed by atoms with Gasteiger partial charge in [0.2, 0.25) is 0 Å². The molecule has 7 heteroatoms. The fraction of sp³-hybridized carbons (Fsp3) is 0.0769. The molecule has 0 aliphatic carbocycles. The Labute approximate surface area is 112 Å². The molecule has 1 aromatic heterocycles. The molecule has 0 bridgehead atoms. The molecule has 1 aromatic carbocycles. The molecule has 102 valence electrons. The second-order valence-electron chi connectivity index (χ2n) is 3.71. The molecule has 0 fully saturated rings. The van der Waals surface area contributed by atoms with Gasteiger partial charge in [-0.15, -0.1) is 13.2 Å². The predicted molar refractivity (Wildman–Crippen MR) is 65.4 cm³/mol. The third kappa shape index (κ3) is 3.62. The molecule has 0 aliphatic heterocycles. The number of ether oxygens (including phenoxy) is 1. The van der Waals surface area contributed by atoms with Crippen LogP contribution in [0.5, 0.6) is 5.75 Å². The Kier molecular flexibility index (Phi) is 3.75. The molecule has 0 saturated carbocycles. The molecular formula is C13H8F3N3O. The van der Waals surface area contributed by atoms with E-state index < -0.39 is 6.36 Å². The highest BCUT2D eigenvalue weighted by Gasteiger charge is 2.31. The second kappa shape index (κ2) is 5.48. The van der Waals surface area contributed by atoms with Crippen molar-refractivity contribution < 1.29 is 17.9 Å². The minimum absolute atomic E-state index is 0.148. The van der Waals surface area contributed by atoms with E-state index in [0.717, 1.165) is 0 Å². The summed E-state index contributed by atoms with van der Waals surface area (Å²) < 4.78 is 40.2. The zero-order chi connectivity index (χ0) is 14.6. The Hall–Kier alpha value is -2.75. The van der Waals surface area contributed by atoms with Crippen molar-refractivity contribution in [2.75, 3.05) is 5.32 Å². The van der Waals surface area contributed by atoms with E-state index in [9.17, 15) is 13.2 Å². The van der Waals surface area contributed by atoms with E-state index in [-0.39, 0.29) is 11.4 Å². The number of hydrogen-bond acceptors (Lipinski definition) is 4. The number of aromatic nitrogens is 1. The number of anilines is 2. The topological polar surface area (TPSA) is 57.9 Å². The van der Waals surface area contributed by atoms with E-state index >= 15 is 0 Å². The third-order valence-corrected chi connectivity index (χ3v) is 2.26. The van der Waals surface area contributed by atoms with Gasteiger partial charge in [-0.2, -0.15) is 5.26 Å². The highest BCUT2D eigenvalue weighted by atomic mass is 19.4. The summed E-state index contributed by atoms with van der Waals surface area (Å²) in [6, 6.07) is 10.4. The van der Waals surface area contributed by atoms with Gasteiger partial charge >= 0.3 is 6.36 Å². The first kappa shape index (κ1) is 13.7. The minimum atomic E-state index is -4.75. The average molecular weight is 279 g/mol. The van der Waals surface area contributed by atoms with Gasteiger partial charge in [0.05, 0.1) is 5.69 Å². The van der Waals surface area contributed by atoms with Crippen LogP contribution in [0.4, 0.5) is 24.5 Å². The Morgan fingerprint density at radius 3 is 2.70 bits per heavy atom. The fourth-order valence-corrected chi connectivity index (χ4v) is 1.52. The van der Waals surface area contributed by atoms with E-state index in [1.807, 2.05) is 6.07 Å². The van der Waals surface area contributed by atoms with Crippen LogP contribution in [0.2, 0.25) is 0 Å². The standard InChI is InChI=1S/C13H8F3N3O/c14-13(15,16)20-10-4-1-3-9(7-10)19-11-5-2-6-18-12(11)8-17/h1-7,19H. The highest BCUT2D eigenvalue weighted by Crippen LogP contribution is 2.27. The van der Waals surface area contributed by atoms with E-state index in [0.29, 0.717) is 11.4 Å². The summed E-state index contributed by atoms with van der Waals surface area (Å²) in [6.07, 6.45) is -3.29. The molecule has 0 radical (unpaired) electrons. The van der Waals surface area contributed by atoms with Crippen LogP contribution in [0.25, 0.3) is 0 Å². The summed E-state index contributed by atoms with van der Waals surface area (Å²) >= 11 is 0. The van der Waals surface area contributed by atoms with Gasteiger partial charge in [-0.05, 0) is 24.3 Å². The van der Waals surface area contributed by atoms with E-state index in [1.165, 1.54) is 24.4 Å². The van der Waals surface area contributed by atoms with Crippen LogP contribution in [0.1, 0.15) is 5.69 Å². The van der Waals surface area contributed by atoms with Gasteiger partial charge in [0.25, 0.3) is 0 Å². The lowest BCUT2D eigenvalue weighted by Gasteiger charge is -2.11. The smallest absolute Gasteiger partial charge is 0.406 e. The zero-order valence-electron chi connectivity index (χ0n) is 9.98. The maximum absolute atomic E-state index is 12.1. The Morgan fingerprint density at radius 2 is 2.00 bits per heavy atom. The number of halogens is 3. The number of pyridine rings is 1. The maximum atomic E-state index is 12.1. The molecular weight excluding hydrogens is 271 g/mol. The number of nitrogens with one attached hydrogen (secondary N) is 1. The number of nitrogens with zero attached hydrogens (tertiary/aromatic N) is 2. The lowest BCUT2D eigenvalue weighted by Crippen LogP contribution is -2.17. The Morgan fingerprint density at radius 1 is 1.20 bits per heavy atom. The quantitative estimate of drug-likeness (QED) is 0.932. The van der Waals surface area contributed by atoms with Crippen LogP contribution >= 0.6 is 0 Å². The molecule has 0 unspecified atom stereocenters. The molecule has 0 aliphatic rings. The van der Waals surface area contributed by atoms with Gasteiger partial charge < -0.3 is 10.1 Å². The fourth-order valence-electron chi connectivity index (χ4n) is 1.52. The van der Waals surface area contributed by atoms with Crippen molar-refractivity contribution in [1.82, 2.24) is 4.98 Å². The van der Waals surface area contributed by atoms with Crippen molar-refractivity contribution in [2.45, 2.75) is 6.36 Å². The number of benzene rings is 1. The van der Waals surface area contributed by atoms with Gasteiger partial charge in [-0.1, -0.05) is 6.07 Å². The van der Waals surface area contributed by atoms with Crippen molar-refractivity contribution in [3.8, 4) is 11.8 Å². The van der Waals surface area contributed by atoms with E-state index in [4.69, 9.17) is 5.26 Å². The highest BCUT2D eigenvalue weighted by molar-refractivity contribution is 5.65. The van der Waals surface area contributed by atoms with Crippen molar-refractivity contribution >= 4 is 11.4 Å². The number of hydrogen-bond donors (Lipinski definition) is 1. The van der Waals surface area contributed by atoms with Gasteiger partial charge in [0.1, 0.15) is 11.8 Å². The minimum Gasteiger partial charge on any atom is -0.406 e. The van der Waals surface area contributed by atoms with Crippen molar-refractivity contribution in [3.05, 3.63) is 48.3 Å². The Bertz CT molecular complexity index is 650. The molecule has 20 heavy (non-hydrogen) atoms. The van der Waals surface area contributed by atoms with Gasteiger partial charge in [0.15, 0.2) is 5.69 Å². The molecule has 0 atom stereocenters. The summed E-state index contributed by atoms with van der Waals surface area (Å²) in [6.45, 7) is 0. The normalized spacial score (nSPS) is 10.7. The number of alkyl halides is 3. The first-order valence-corrected chi connectivity index (χ1v) is 5.46. The number of nitriles is 1. The SMILES string of the molecule is N#Cc1ncccc1Nc1cccc(OC(F)(F)F)c1. The molecule has 2 rings (SSSR count). The van der Waals surface area contributed by atoms with Crippen LogP contribution in [-0.2, 0) is 0 Å². The van der Waals surface area contributed by atoms with Crippen LogP contribution in [-0.4, -0.2) is 11.3 Å². The lowest BCUT2D eigenvalue weighted by molar-refractivity contribution is -0.274. The molecule has 2 aromatic rings. The maximum Gasteiger partial charge on any atom is 0.573 e. The van der Waals surface area contributed by atoms with Crippen LogP contribution in [0, 0.1) is 11.3 Å². The molecule has 0 spiro atoms. The zero-order valence-corrected chi connectivity index (χ0v) is 9.98. The molecule has 0 amide bonds. The Balaban J connectivity index is 2.22. The van der Waals surface area contributed by atoms with Gasteiger partial charge in [-0.25, -0.2) is 4.98 Å². The average Bonchev–Trinajstić information content (AvgIpc) is 2.38. The summed E-state index contributed by atoms with van der Waals surface area (Å²) in [4.78, 5) is 3.84. The number of rotatable bonds is 3. The van der Waals surface area contributed by atoms with E-state index in [2.05, 4.69) is 15.0 Å². The summed E-state index contributed by atoms with van der Waals surface area (Å²) in [5.41, 5.74) is 0.907. The summed E-state index contributed by atoms with van der Waals surface area (Å²) in [5, 5.41) is 11.7. The van der Waals surface area contributed by atoms with Crippen molar-refractivity contribution in [2.24, 2.45) is 0 Å². The van der Waals surface area contributed by atoms with Crippen molar-refractivity contribution in [3.63, 3.8) is 0 Å². The van der Waals surface area contributed by atoms with Gasteiger partial charge in [-0.3, -0.25) is 0 Å². The predicted octanol–water partition coefficient (Wildman–Crippen LogP) is 3.60. The van der Waals surface area contributed by atoms with Crippen LogP contribution in [0.15, 0.2) is 42.6 Å². The lowest BCUT2D eigenvalue weighted by atomic mass is 10.2. The monoisotopic (exact) mass is 279 g/mol. The second-order valence-corrected chi connectivity index (χ2v) is 3.71. The molecule has 4 nitrogen and oxygen atoms in total. The third-order valence-electron chi connectivity index (χ3n) is 2.26. The van der Waals surface area contributed by atoms with Crippen LogP contribution in [0.3, 0.4) is 0 Å². The first-order chi connectivity index (χ1) is 9.48. The van der Waals surface area contributed by atoms with Crippen LogP contribution < -0.4 is 10.1 Å². The van der Waals surface area contributed by atoms with Gasteiger partial charge in [0, 0.05) is 18.0 Å². The summed E-state index contributed by atoms with van der Waals surface area (Å²) in [5.74, 6) is -0.343. The largest absolute Gasteiger partial charge is 0.573 e. The van der Waals surface area contributed by atoms with Crippen molar-refractivity contribution in [1.29, 1.82) is 5.26 Å².